The molecule has 19 heavy (non-hydrogen) atoms. The van der Waals surface area contributed by atoms with Gasteiger partial charge in [0.05, 0.1) is 24.5 Å². The largest absolute Gasteiger partial charge is 0.464 e. The Morgan fingerprint density at radius 1 is 1.26 bits per heavy atom. The molecule has 0 amide bonds. The van der Waals surface area contributed by atoms with Gasteiger partial charge in [-0.15, -0.1) is 0 Å². The molecule has 0 fully saturated rings. The molecule has 2 rings (SSSR count). The van der Waals surface area contributed by atoms with Crippen LogP contribution in [-0.4, -0.2) is 23.0 Å². The standard InChI is InChI=1S/C12H8Cl2N2O3/c1-18-12(17)9-5-15-6-11(16-9)19-10-3-2-7(13)4-8(10)14/h2-6H,1H3. The molecule has 0 bridgehead atoms. The molecule has 0 N–H and O–H groups in total. The summed E-state index contributed by atoms with van der Waals surface area (Å²) in [6.07, 6.45) is 2.64. The maximum Gasteiger partial charge on any atom is 0.358 e. The summed E-state index contributed by atoms with van der Waals surface area (Å²) in [6, 6.07) is 4.76. The average molecular weight is 299 g/mol. The van der Waals surface area contributed by atoms with Crippen LogP contribution in [0.3, 0.4) is 0 Å². The Kier molecular flexibility index (Phi) is 4.19. The second-order valence-electron chi connectivity index (χ2n) is 3.41. The van der Waals surface area contributed by atoms with Gasteiger partial charge in [0.2, 0.25) is 5.88 Å². The molecule has 0 saturated heterocycles. The van der Waals surface area contributed by atoms with E-state index in [1.165, 1.54) is 25.6 Å². The molecule has 0 unspecified atom stereocenters. The van der Waals surface area contributed by atoms with Crippen LogP contribution in [0.15, 0.2) is 30.6 Å². The Morgan fingerprint density at radius 2 is 2.05 bits per heavy atom. The van der Waals surface area contributed by atoms with E-state index in [1.807, 2.05) is 0 Å². The van der Waals surface area contributed by atoms with Gasteiger partial charge in [-0.2, -0.15) is 0 Å². The minimum atomic E-state index is -0.597. The molecule has 0 aliphatic carbocycles. The van der Waals surface area contributed by atoms with Crippen LogP contribution in [0, 0.1) is 0 Å². The lowest BCUT2D eigenvalue weighted by Crippen LogP contribution is -2.05. The first-order valence-electron chi connectivity index (χ1n) is 5.13. The lowest BCUT2D eigenvalue weighted by atomic mass is 10.3. The van der Waals surface area contributed by atoms with Gasteiger partial charge in [-0.25, -0.2) is 9.78 Å². The molecule has 0 spiro atoms. The molecule has 0 radical (unpaired) electrons. The highest BCUT2D eigenvalue weighted by molar-refractivity contribution is 6.35. The molecule has 1 aromatic carbocycles. The van der Waals surface area contributed by atoms with Gasteiger partial charge in [0.25, 0.3) is 0 Å². The van der Waals surface area contributed by atoms with Crippen LogP contribution in [0.1, 0.15) is 10.5 Å². The average Bonchev–Trinajstić information content (AvgIpc) is 2.41. The Balaban J connectivity index is 2.26. The van der Waals surface area contributed by atoms with Crippen LogP contribution in [0.4, 0.5) is 0 Å². The number of carbonyl (C=O) groups excluding carboxylic acids is 1. The Hall–Kier alpha value is -1.85. The number of ether oxygens (including phenoxy) is 2. The third kappa shape index (κ3) is 3.33. The van der Waals surface area contributed by atoms with E-state index in [9.17, 15) is 4.79 Å². The first-order chi connectivity index (χ1) is 9.10. The van der Waals surface area contributed by atoms with Gasteiger partial charge in [-0.3, -0.25) is 4.98 Å². The number of hydrogen-bond donors (Lipinski definition) is 0. The van der Waals surface area contributed by atoms with Gasteiger partial charge < -0.3 is 9.47 Å². The highest BCUT2D eigenvalue weighted by Crippen LogP contribution is 2.30. The smallest absolute Gasteiger partial charge is 0.358 e. The van der Waals surface area contributed by atoms with E-state index in [1.54, 1.807) is 12.1 Å². The predicted molar refractivity (Wildman–Crippen MR) is 69.9 cm³/mol. The van der Waals surface area contributed by atoms with Crippen molar-refractivity contribution in [2.75, 3.05) is 7.11 Å². The van der Waals surface area contributed by atoms with E-state index in [2.05, 4.69) is 14.7 Å². The number of aromatic nitrogens is 2. The number of benzene rings is 1. The van der Waals surface area contributed by atoms with Gasteiger partial charge in [0, 0.05) is 5.02 Å². The minimum Gasteiger partial charge on any atom is -0.464 e. The molecule has 7 heteroatoms. The van der Waals surface area contributed by atoms with Crippen LogP contribution < -0.4 is 4.74 Å². The van der Waals surface area contributed by atoms with Gasteiger partial charge in [0.1, 0.15) is 5.75 Å². The number of halogens is 2. The maximum atomic E-state index is 11.3. The molecule has 0 aliphatic heterocycles. The van der Waals surface area contributed by atoms with Crippen molar-refractivity contribution in [3.8, 4) is 11.6 Å². The number of rotatable bonds is 3. The highest BCUT2D eigenvalue weighted by Gasteiger charge is 2.11. The van der Waals surface area contributed by atoms with Crippen molar-refractivity contribution in [3.63, 3.8) is 0 Å². The molecule has 5 nitrogen and oxygen atoms in total. The summed E-state index contributed by atoms with van der Waals surface area (Å²) in [7, 11) is 1.26. The fourth-order valence-corrected chi connectivity index (χ4v) is 1.72. The molecule has 1 heterocycles. The third-order valence-electron chi connectivity index (χ3n) is 2.12. The fraction of sp³-hybridized carbons (Fsp3) is 0.0833. The van der Waals surface area contributed by atoms with Crippen LogP contribution in [0.5, 0.6) is 11.6 Å². The molecular formula is C12H8Cl2N2O3. The molecule has 0 saturated carbocycles. The van der Waals surface area contributed by atoms with Crippen molar-refractivity contribution in [1.29, 1.82) is 0 Å². The van der Waals surface area contributed by atoms with E-state index in [4.69, 9.17) is 27.9 Å². The van der Waals surface area contributed by atoms with Gasteiger partial charge in [-0.05, 0) is 18.2 Å². The Labute approximate surface area is 119 Å². The Bertz CT molecular complexity index is 620. The number of esters is 1. The summed E-state index contributed by atoms with van der Waals surface area (Å²) < 4.78 is 9.97. The van der Waals surface area contributed by atoms with Crippen molar-refractivity contribution in [2.45, 2.75) is 0 Å². The van der Waals surface area contributed by atoms with Gasteiger partial charge >= 0.3 is 5.97 Å². The minimum absolute atomic E-state index is 0.0464. The normalized spacial score (nSPS) is 10.1. The molecule has 1 aromatic heterocycles. The molecule has 0 aliphatic rings. The number of carbonyl (C=O) groups is 1. The first kappa shape index (κ1) is 13.6. The van der Waals surface area contributed by atoms with Crippen LogP contribution in [0.2, 0.25) is 10.0 Å². The molecular weight excluding hydrogens is 291 g/mol. The summed E-state index contributed by atoms with van der Waals surface area (Å²) in [4.78, 5) is 19.1. The van der Waals surface area contributed by atoms with Crippen molar-refractivity contribution >= 4 is 29.2 Å². The summed E-state index contributed by atoms with van der Waals surface area (Å²) in [5, 5.41) is 0.824. The second-order valence-corrected chi connectivity index (χ2v) is 4.25. The lowest BCUT2D eigenvalue weighted by molar-refractivity contribution is 0.0592. The summed E-state index contributed by atoms with van der Waals surface area (Å²) >= 11 is 11.7. The number of hydrogen-bond acceptors (Lipinski definition) is 5. The zero-order chi connectivity index (χ0) is 13.8. The predicted octanol–water partition coefficient (Wildman–Crippen LogP) is 3.36. The van der Waals surface area contributed by atoms with E-state index < -0.39 is 5.97 Å². The van der Waals surface area contributed by atoms with Gasteiger partial charge in [0.15, 0.2) is 5.69 Å². The van der Waals surface area contributed by atoms with Crippen molar-refractivity contribution < 1.29 is 14.3 Å². The molecule has 0 atom stereocenters. The van der Waals surface area contributed by atoms with E-state index in [0.29, 0.717) is 15.8 Å². The lowest BCUT2D eigenvalue weighted by Gasteiger charge is -2.07. The third-order valence-corrected chi connectivity index (χ3v) is 2.65. The molecule has 98 valence electrons. The van der Waals surface area contributed by atoms with Crippen molar-refractivity contribution in [3.05, 3.63) is 46.3 Å². The quantitative estimate of drug-likeness (QED) is 0.813. The second kappa shape index (κ2) is 5.86. The van der Waals surface area contributed by atoms with E-state index in [-0.39, 0.29) is 11.6 Å². The number of methoxy groups -OCH3 is 1. The van der Waals surface area contributed by atoms with Crippen LogP contribution in [-0.2, 0) is 4.74 Å². The summed E-state index contributed by atoms with van der Waals surface area (Å²) in [5.41, 5.74) is 0.0464. The maximum absolute atomic E-state index is 11.3. The van der Waals surface area contributed by atoms with Crippen molar-refractivity contribution in [2.24, 2.45) is 0 Å². The van der Waals surface area contributed by atoms with Crippen LogP contribution in [0.25, 0.3) is 0 Å². The monoisotopic (exact) mass is 298 g/mol. The zero-order valence-corrected chi connectivity index (χ0v) is 11.3. The van der Waals surface area contributed by atoms with E-state index >= 15 is 0 Å². The van der Waals surface area contributed by atoms with E-state index in [0.717, 1.165) is 0 Å². The molecule has 2 aromatic rings. The Morgan fingerprint density at radius 3 is 2.74 bits per heavy atom. The summed E-state index contributed by atoms with van der Waals surface area (Å²) in [6.45, 7) is 0. The van der Waals surface area contributed by atoms with Gasteiger partial charge in [-0.1, -0.05) is 23.2 Å². The summed E-state index contributed by atoms with van der Waals surface area (Å²) in [5.74, 6) is -0.102. The topological polar surface area (TPSA) is 61.3 Å². The first-order valence-corrected chi connectivity index (χ1v) is 5.89. The SMILES string of the molecule is COC(=O)c1cncc(Oc2ccc(Cl)cc2Cl)n1. The fourth-order valence-electron chi connectivity index (χ4n) is 1.27. The number of nitrogens with zero attached hydrogens (tertiary/aromatic N) is 2. The highest BCUT2D eigenvalue weighted by atomic mass is 35.5. The van der Waals surface area contributed by atoms with Crippen LogP contribution >= 0.6 is 23.2 Å². The van der Waals surface area contributed by atoms with Crippen molar-refractivity contribution in [1.82, 2.24) is 9.97 Å². The zero-order valence-electron chi connectivity index (χ0n) is 9.76.